The zero-order valence-electron chi connectivity index (χ0n) is 11.5. The number of oxazole rings is 1. The van der Waals surface area contributed by atoms with E-state index in [2.05, 4.69) is 9.88 Å². The van der Waals surface area contributed by atoms with E-state index in [9.17, 15) is 4.39 Å². The van der Waals surface area contributed by atoms with Crippen LogP contribution in [0, 0.1) is 5.82 Å². The third-order valence-electron chi connectivity index (χ3n) is 3.44. The van der Waals surface area contributed by atoms with E-state index in [1.54, 1.807) is 18.4 Å². The summed E-state index contributed by atoms with van der Waals surface area (Å²) >= 11 is 0. The Labute approximate surface area is 122 Å². The molecule has 0 spiro atoms. The molecule has 1 aromatic heterocycles. The first-order chi connectivity index (χ1) is 10.2. The largest absolute Gasteiger partial charge is 0.444 e. The van der Waals surface area contributed by atoms with Gasteiger partial charge in [0, 0.05) is 25.2 Å². The number of aromatic nitrogens is 1. The summed E-state index contributed by atoms with van der Waals surface area (Å²) in [6.45, 7) is 2.69. The van der Waals surface area contributed by atoms with Gasteiger partial charge in [-0.15, -0.1) is 0 Å². The Balaban J connectivity index is 1.68. The van der Waals surface area contributed by atoms with Crippen LogP contribution in [0.4, 0.5) is 4.39 Å². The summed E-state index contributed by atoms with van der Waals surface area (Å²) in [5.74, 6) is 0.0997. The van der Waals surface area contributed by atoms with E-state index in [4.69, 9.17) is 14.3 Å². The maximum atomic E-state index is 13.2. The van der Waals surface area contributed by atoms with Gasteiger partial charge in [-0.2, -0.15) is 0 Å². The Hall–Kier alpha value is -1.76. The molecule has 112 valence electrons. The highest BCUT2D eigenvalue weighted by Crippen LogP contribution is 2.20. The van der Waals surface area contributed by atoms with Gasteiger partial charge in [-0.3, -0.25) is 4.90 Å². The van der Waals surface area contributed by atoms with Crippen molar-refractivity contribution in [1.29, 1.82) is 0 Å². The van der Waals surface area contributed by atoms with E-state index in [0.717, 1.165) is 12.2 Å². The number of benzene rings is 1. The SMILES string of the molecule is OCC1CN(Cc2coc(-c3cccc(F)c3)n2)CCO1. The number of hydrogen-bond donors (Lipinski definition) is 1. The number of morpholine rings is 1. The van der Waals surface area contributed by atoms with Gasteiger partial charge in [-0.25, -0.2) is 9.37 Å². The van der Waals surface area contributed by atoms with Gasteiger partial charge in [0.25, 0.3) is 0 Å². The second-order valence-electron chi connectivity index (χ2n) is 5.06. The maximum Gasteiger partial charge on any atom is 0.226 e. The molecule has 0 amide bonds. The molecule has 0 aliphatic carbocycles. The third kappa shape index (κ3) is 3.47. The summed E-state index contributed by atoms with van der Waals surface area (Å²) in [6, 6.07) is 6.17. The summed E-state index contributed by atoms with van der Waals surface area (Å²) in [6.07, 6.45) is 1.44. The highest BCUT2D eigenvalue weighted by atomic mass is 19.1. The molecule has 0 bridgehead atoms. The molecule has 1 aliphatic rings. The number of halogens is 1. The van der Waals surface area contributed by atoms with Crippen LogP contribution < -0.4 is 0 Å². The molecule has 3 rings (SSSR count). The Morgan fingerprint density at radius 3 is 3.14 bits per heavy atom. The van der Waals surface area contributed by atoms with E-state index in [1.165, 1.54) is 12.1 Å². The van der Waals surface area contributed by atoms with Crippen molar-refractivity contribution in [2.24, 2.45) is 0 Å². The number of aliphatic hydroxyl groups is 1. The van der Waals surface area contributed by atoms with Gasteiger partial charge in [-0.05, 0) is 18.2 Å². The fourth-order valence-corrected chi connectivity index (χ4v) is 2.40. The predicted octanol–water partition coefficient (Wildman–Crippen LogP) is 1.67. The smallest absolute Gasteiger partial charge is 0.226 e. The van der Waals surface area contributed by atoms with Crippen LogP contribution >= 0.6 is 0 Å². The van der Waals surface area contributed by atoms with Crippen molar-refractivity contribution >= 4 is 0 Å². The van der Waals surface area contributed by atoms with Crippen molar-refractivity contribution in [2.75, 3.05) is 26.3 Å². The van der Waals surface area contributed by atoms with Crippen LogP contribution in [0.2, 0.25) is 0 Å². The average molecular weight is 292 g/mol. The van der Waals surface area contributed by atoms with Crippen molar-refractivity contribution in [1.82, 2.24) is 9.88 Å². The number of ether oxygens (including phenoxy) is 1. The van der Waals surface area contributed by atoms with Crippen molar-refractivity contribution in [3.63, 3.8) is 0 Å². The molecule has 1 aromatic carbocycles. The molecule has 1 aliphatic heterocycles. The quantitative estimate of drug-likeness (QED) is 0.929. The summed E-state index contributed by atoms with van der Waals surface area (Å²) in [5.41, 5.74) is 1.41. The third-order valence-corrected chi connectivity index (χ3v) is 3.44. The second kappa shape index (κ2) is 6.34. The monoisotopic (exact) mass is 292 g/mol. The van der Waals surface area contributed by atoms with E-state index < -0.39 is 0 Å². The maximum absolute atomic E-state index is 13.2. The minimum Gasteiger partial charge on any atom is -0.444 e. The lowest BCUT2D eigenvalue weighted by molar-refractivity contribution is -0.0553. The fourth-order valence-electron chi connectivity index (χ4n) is 2.40. The van der Waals surface area contributed by atoms with E-state index >= 15 is 0 Å². The first kappa shape index (κ1) is 14.2. The van der Waals surface area contributed by atoms with Crippen LogP contribution in [0.1, 0.15) is 5.69 Å². The molecule has 5 nitrogen and oxygen atoms in total. The summed E-state index contributed by atoms with van der Waals surface area (Å²) in [7, 11) is 0. The zero-order chi connectivity index (χ0) is 14.7. The molecule has 0 radical (unpaired) electrons. The Morgan fingerprint density at radius 2 is 2.33 bits per heavy atom. The molecule has 21 heavy (non-hydrogen) atoms. The minimum absolute atomic E-state index is 0.0177. The first-order valence-corrected chi connectivity index (χ1v) is 6.90. The number of aliphatic hydroxyl groups excluding tert-OH is 1. The lowest BCUT2D eigenvalue weighted by atomic mass is 10.2. The Bertz CT molecular complexity index is 602. The van der Waals surface area contributed by atoms with Crippen LogP contribution in [0.15, 0.2) is 34.9 Å². The lowest BCUT2D eigenvalue weighted by Crippen LogP contribution is -2.43. The van der Waals surface area contributed by atoms with Crippen molar-refractivity contribution in [3.05, 3.63) is 42.0 Å². The van der Waals surface area contributed by atoms with Crippen molar-refractivity contribution in [3.8, 4) is 11.5 Å². The van der Waals surface area contributed by atoms with Gasteiger partial charge in [0.05, 0.1) is 25.0 Å². The van der Waals surface area contributed by atoms with Crippen LogP contribution in [0.25, 0.3) is 11.5 Å². The molecule has 6 heteroatoms. The predicted molar refractivity (Wildman–Crippen MR) is 74.0 cm³/mol. The highest BCUT2D eigenvalue weighted by Gasteiger charge is 2.20. The second-order valence-corrected chi connectivity index (χ2v) is 5.06. The molecule has 2 heterocycles. The number of rotatable bonds is 4. The highest BCUT2D eigenvalue weighted by molar-refractivity contribution is 5.52. The van der Waals surface area contributed by atoms with Gasteiger partial charge in [0.2, 0.25) is 5.89 Å². The van der Waals surface area contributed by atoms with Gasteiger partial charge in [0.1, 0.15) is 12.1 Å². The molecule has 1 fully saturated rings. The number of hydrogen-bond acceptors (Lipinski definition) is 5. The summed E-state index contributed by atoms with van der Waals surface area (Å²) < 4.78 is 24.0. The standard InChI is InChI=1S/C15H17FN2O3/c16-12-3-1-2-11(6-12)15-17-13(10-21-15)7-18-4-5-20-14(8-18)9-19/h1-3,6,10,14,19H,4-5,7-9H2. The molecular formula is C15H17FN2O3. The van der Waals surface area contributed by atoms with E-state index in [-0.39, 0.29) is 18.5 Å². The Kier molecular flexibility index (Phi) is 4.28. The minimum atomic E-state index is -0.314. The molecular weight excluding hydrogens is 275 g/mol. The van der Waals surface area contributed by atoms with Gasteiger partial charge in [0.15, 0.2) is 0 Å². The fraction of sp³-hybridized carbons (Fsp3) is 0.400. The molecule has 0 saturated carbocycles. The van der Waals surface area contributed by atoms with Gasteiger partial charge < -0.3 is 14.3 Å². The van der Waals surface area contributed by atoms with Gasteiger partial charge >= 0.3 is 0 Å². The normalized spacial score (nSPS) is 19.8. The van der Waals surface area contributed by atoms with Crippen LogP contribution in [0.3, 0.4) is 0 Å². The van der Waals surface area contributed by atoms with E-state index in [0.29, 0.717) is 31.2 Å². The van der Waals surface area contributed by atoms with Crippen LogP contribution in [0.5, 0.6) is 0 Å². The van der Waals surface area contributed by atoms with Crippen molar-refractivity contribution < 1.29 is 18.7 Å². The average Bonchev–Trinajstić information content (AvgIpc) is 2.96. The van der Waals surface area contributed by atoms with Crippen LogP contribution in [-0.4, -0.2) is 47.4 Å². The van der Waals surface area contributed by atoms with E-state index in [1.807, 2.05) is 0 Å². The zero-order valence-corrected chi connectivity index (χ0v) is 11.5. The topological polar surface area (TPSA) is 58.7 Å². The summed E-state index contributed by atoms with van der Waals surface area (Å²) in [5, 5.41) is 9.13. The molecule has 2 aromatic rings. The van der Waals surface area contributed by atoms with Crippen LogP contribution in [-0.2, 0) is 11.3 Å². The lowest BCUT2D eigenvalue weighted by Gasteiger charge is -2.31. The molecule has 1 unspecified atom stereocenters. The molecule has 1 N–H and O–H groups in total. The summed E-state index contributed by atoms with van der Waals surface area (Å²) in [4.78, 5) is 6.54. The molecule has 1 saturated heterocycles. The first-order valence-electron chi connectivity index (χ1n) is 6.90. The Morgan fingerprint density at radius 1 is 1.43 bits per heavy atom. The molecule has 1 atom stereocenters. The van der Waals surface area contributed by atoms with Gasteiger partial charge in [-0.1, -0.05) is 6.07 Å². The number of nitrogens with zero attached hydrogens (tertiary/aromatic N) is 2. The van der Waals surface area contributed by atoms with Crippen molar-refractivity contribution in [2.45, 2.75) is 12.6 Å².